The number of aryl methyl sites for hydroxylation is 1. The van der Waals surface area contributed by atoms with Gasteiger partial charge in [0.05, 0.1) is 29.1 Å². The Labute approximate surface area is 157 Å². The average molecular weight is 366 g/mol. The molecule has 140 valence electrons. The number of nitro benzene ring substituents is 1. The molecule has 7 heteroatoms. The van der Waals surface area contributed by atoms with Crippen molar-refractivity contribution in [3.8, 4) is 28.4 Å². The van der Waals surface area contributed by atoms with Crippen molar-refractivity contribution in [2.45, 2.75) is 33.1 Å². The molecule has 0 aliphatic heterocycles. The number of aromatic nitrogens is 3. The zero-order chi connectivity index (χ0) is 19.8. The first-order chi connectivity index (χ1) is 12.7. The van der Waals surface area contributed by atoms with Gasteiger partial charge in [-0.3, -0.25) is 15.1 Å². The number of methoxy groups -OCH3 is 1. The number of imidazole rings is 1. The van der Waals surface area contributed by atoms with Gasteiger partial charge < -0.3 is 9.72 Å². The Balaban J connectivity index is 2.24. The quantitative estimate of drug-likeness (QED) is 0.535. The van der Waals surface area contributed by atoms with Gasteiger partial charge in [-0.25, -0.2) is 4.98 Å². The van der Waals surface area contributed by atoms with Crippen molar-refractivity contribution in [2.75, 3.05) is 7.11 Å². The van der Waals surface area contributed by atoms with E-state index in [1.165, 1.54) is 13.2 Å². The predicted molar refractivity (Wildman–Crippen MR) is 104 cm³/mol. The Hall–Kier alpha value is -3.22. The average Bonchev–Trinajstić information content (AvgIpc) is 3.07. The number of nitrogens with one attached hydrogen (secondary N) is 1. The van der Waals surface area contributed by atoms with Gasteiger partial charge in [0.15, 0.2) is 5.75 Å². The van der Waals surface area contributed by atoms with Crippen LogP contribution in [0, 0.1) is 17.0 Å². The summed E-state index contributed by atoms with van der Waals surface area (Å²) in [6.07, 6.45) is 0. The van der Waals surface area contributed by atoms with Crippen molar-refractivity contribution in [1.29, 1.82) is 0 Å². The lowest BCUT2D eigenvalue weighted by Crippen LogP contribution is -2.13. The summed E-state index contributed by atoms with van der Waals surface area (Å²) in [5.41, 5.74) is 3.31. The SMILES string of the molecule is COc1ccc(-c2nc(C(C)(C)C)[nH]c2-c2cccc(C)n2)cc1[N+](=O)[O-]. The first-order valence-electron chi connectivity index (χ1n) is 8.58. The first kappa shape index (κ1) is 18.6. The van der Waals surface area contributed by atoms with Crippen molar-refractivity contribution in [2.24, 2.45) is 0 Å². The number of pyridine rings is 1. The molecule has 0 saturated carbocycles. The van der Waals surface area contributed by atoms with Crippen LogP contribution in [-0.2, 0) is 5.41 Å². The number of H-pyrrole nitrogens is 1. The van der Waals surface area contributed by atoms with Crippen molar-refractivity contribution in [1.82, 2.24) is 15.0 Å². The fourth-order valence-electron chi connectivity index (χ4n) is 2.78. The van der Waals surface area contributed by atoms with Crippen LogP contribution in [0.4, 0.5) is 5.69 Å². The summed E-state index contributed by atoms with van der Waals surface area (Å²) in [6, 6.07) is 10.6. The molecule has 1 N–H and O–H groups in total. The Bertz CT molecular complexity index is 1000. The van der Waals surface area contributed by atoms with Gasteiger partial charge >= 0.3 is 5.69 Å². The van der Waals surface area contributed by atoms with Crippen LogP contribution in [-0.4, -0.2) is 27.0 Å². The number of hydrogen-bond donors (Lipinski definition) is 1. The third-order valence-electron chi connectivity index (χ3n) is 4.21. The van der Waals surface area contributed by atoms with Crippen LogP contribution < -0.4 is 4.74 Å². The maximum atomic E-state index is 11.4. The van der Waals surface area contributed by atoms with Crippen LogP contribution in [0.3, 0.4) is 0 Å². The van der Waals surface area contributed by atoms with Gasteiger partial charge in [0, 0.05) is 22.7 Å². The number of nitrogens with zero attached hydrogens (tertiary/aromatic N) is 3. The summed E-state index contributed by atoms with van der Waals surface area (Å²) in [4.78, 5) is 23.7. The Morgan fingerprint density at radius 3 is 2.48 bits per heavy atom. The normalized spacial score (nSPS) is 11.4. The molecule has 0 amide bonds. The highest BCUT2D eigenvalue weighted by molar-refractivity contribution is 5.79. The van der Waals surface area contributed by atoms with Gasteiger partial charge in [0.25, 0.3) is 0 Å². The van der Waals surface area contributed by atoms with Gasteiger partial charge in [-0.05, 0) is 31.2 Å². The molecule has 0 aliphatic rings. The van der Waals surface area contributed by atoms with E-state index in [2.05, 4.69) is 30.7 Å². The molecule has 1 aromatic carbocycles. The fraction of sp³-hybridized carbons (Fsp3) is 0.300. The number of hydrogen-bond acceptors (Lipinski definition) is 5. The lowest BCUT2D eigenvalue weighted by Gasteiger charge is -2.14. The number of ether oxygens (including phenoxy) is 1. The van der Waals surface area contributed by atoms with Gasteiger partial charge in [-0.15, -0.1) is 0 Å². The summed E-state index contributed by atoms with van der Waals surface area (Å²) in [6.45, 7) is 8.08. The standard InChI is InChI=1S/C20H22N4O3/c1-12-7-6-8-14(21-12)18-17(22-19(23-18)20(2,3)4)13-9-10-16(27-5)15(11-13)24(25)26/h6-11H,1-5H3,(H,22,23). The number of rotatable bonds is 4. The highest BCUT2D eigenvalue weighted by Gasteiger charge is 2.25. The molecule has 3 rings (SSSR count). The molecule has 0 bridgehead atoms. The summed E-state index contributed by atoms with van der Waals surface area (Å²) in [5.74, 6) is 1.000. The minimum absolute atomic E-state index is 0.0986. The number of aromatic amines is 1. The zero-order valence-corrected chi connectivity index (χ0v) is 16.0. The zero-order valence-electron chi connectivity index (χ0n) is 16.0. The van der Waals surface area contributed by atoms with Gasteiger partial charge in [0.1, 0.15) is 5.82 Å². The second-order valence-electron chi connectivity index (χ2n) is 7.37. The maximum absolute atomic E-state index is 11.4. The second-order valence-corrected chi connectivity index (χ2v) is 7.37. The largest absolute Gasteiger partial charge is 0.490 e. The van der Waals surface area contributed by atoms with Crippen molar-refractivity contribution in [3.05, 3.63) is 58.0 Å². The van der Waals surface area contributed by atoms with Gasteiger partial charge in [-0.2, -0.15) is 0 Å². The van der Waals surface area contributed by atoms with E-state index in [1.54, 1.807) is 12.1 Å². The van der Waals surface area contributed by atoms with Crippen LogP contribution >= 0.6 is 0 Å². The van der Waals surface area contributed by atoms with Crippen molar-refractivity contribution in [3.63, 3.8) is 0 Å². The minimum atomic E-state index is -0.454. The van der Waals surface area contributed by atoms with E-state index < -0.39 is 4.92 Å². The summed E-state index contributed by atoms with van der Waals surface area (Å²) < 4.78 is 5.11. The second kappa shape index (κ2) is 6.83. The van der Waals surface area contributed by atoms with E-state index in [4.69, 9.17) is 9.72 Å². The molecule has 0 unspecified atom stereocenters. The molecular formula is C20H22N4O3. The maximum Gasteiger partial charge on any atom is 0.311 e. The lowest BCUT2D eigenvalue weighted by atomic mass is 9.96. The molecular weight excluding hydrogens is 344 g/mol. The molecule has 27 heavy (non-hydrogen) atoms. The fourth-order valence-corrected chi connectivity index (χ4v) is 2.78. The molecule has 7 nitrogen and oxygen atoms in total. The summed E-state index contributed by atoms with van der Waals surface area (Å²) >= 11 is 0. The van der Waals surface area contributed by atoms with Crippen molar-refractivity contribution < 1.29 is 9.66 Å². The van der Waals surface area contributed by atoms with E-state index in [-0.39, 0.29) is 16.9 Å². The summed E-state index contributed by atoms with van der Waals surface area (Å²) in [5, 5.41) is 11.4. The van der Waals surface area contributed by atoms with E-state index in [1.807, 2.05) is 25.1 Å². The monoisotopic (exact) mass is 366 g/mol. The highest BCUT2D eigenvalue weighted by atomic mass is 16.6. The summed E-state index contributed by atoms with van der Waals surface area (Å²) in [7, 11) is 1.41. The molecule has 2 aromatic heterocycles. The Morgan fingerprint density at radius 1 is 1.15 bits per heavy atom. The van der Waals surface area contributed by atoms with Crippen LogP contribution in [0.5, 0.6) is 5.75 Å². The topological polar surface area (TPSA) is 93.9 Å². The van der Waals surface area contributed by atoms with Crippen molar-refractivity contribution >= 4 is 5.69 Å². The first-order valence-corrected chi connectivity index (χ1v) is 8.58. The smallest absolute Gasteiger partial charge is 0.311 e. The highest BCUT2D eigenvalue weighted by Crippen LogP contribution is 2.37. The van der Waals surface area contributed by atoms with E-state index >= 15 is 0 Å². The lowest BCUT2D eigenvalue weighted by molar-refractivity contribution is -0.385. The molecule has 2 heterocycles. The molecule has 0 spiro atoms. The molecule has 0 aliphatic carbocycles. The third-order valence-corrected chi connectivity index (χ3v) is 4.21. The van der Waals surface area contributed by atoms with Gasteiger partial charge in [-0.1, -0.05) is 26.8 Å². The predicted octanol–water partition coefficient (Wildman–Crippen LogP) is 4.66. The van der Waals surface area contributed by atoms with E-state index in [0.29, 0.717) is 11.3 Å². The number of nitro groups is 1. The number of benzene rings is 1. The van der Waals surface area contributed by atoms with E-state index in [0.717, 1.165) is 22.9 Å². The third kappa shape index (κ3) is 3.67. The molecule has 0 fully saturated rings. The van der Waals surface area contributed by atoms with Gasteiger partial charge in [0.2, 0.25) is 0 Å². The van der Waals surface area contributed by atoms with E-state index in [9.17, 15) is 10.1 Å². The Morgan fingerprint density at radius 2 is 1.89 bits per heavy atom. The van der Waals surface area contributed by atoms with Crippen LogP contribution in [0.15, 0.2) is 36.4 Å². The molecule has 0 saturated heterocycles. The molecule has 0 radical (unpaired) electrons. The molecule has 3 aromatic rings. The molecule has 0 atom stereocenters. The van der Waals surface area contributed by atoms with Crippen LogP contribution in [0.25, 0.3) is 22.6 Å². The Kier molecular flexibility index (Phi) is 4.70. The van der Waals surface area contributed by atoms with Crippen LogP contribution in [0.1, 0.15) is 32.3 Å². The minimum Gasteiger partial charge on any atom is -0.490 e. The van der Waals surface area contributed by atoms with Crippen LogP contribution in [0.2, 0.25) is 0 Å².